The minimum Gasteiger partial charge on any atom is -0.487 e. The Hall–Kier alpha value is -1.13. The van der Waals surface area contributed by atoms with Gasteiger partial charge in [0, 0.05) is 12.6 Å². The summed E-state index contributed by atoms with van der Waals surface area (Å²) in [6.45, 7) is 10.5. The molecule has 0 saturated carbocycles. The molecule has 0 fully saturated rings. The maximum atomic E-state index is 5.74. The van der Waals surface area contributed by atoms with Crippen LogP contribution in [0, 0.1) is 0 Å². The Labute approximate surface area is 116 Å². The molecule has 1 aromatic rings. The van der Waals surface area contributed by atoms with E-state index in [-0.39, 0.29) is 6.10 Å². The first-order valence-corrected chi connectivity index (χ1v) is 7.14. The molecule has 2 unspecified atom stereocenters. The van der Waals surface area contributed by atoms with Gasteiger partial charge in [0.2, 0.25) is 0 Å². The van der Waals surface area contributed by atoms with Gasteiger partial charge in [-0.1, -0.05) is 13.8 Å². The van der Waals surface area contributed by atoms with E-state index in [0.29, 0.717) is 19.3 Å². The van der Waals surface area contributed by atoms with Crippen molar-refractivity contribution in [2.24, 2.45) is 0 Å². The van der Waals surface area contributed by atoms with E-state index in [4.69, 9.17) is 9.47 Å². The molecule has 4 nitrogen and oxygen atoms in total. The smallest absolute Gasteiger partial charge is 0.138 e. The lowest BCUT2D eigenvalue weighted by atomic mass is 10.1. The van der Waals surface area contributed by atoms with Gasteiger partial charge in [-0.3, -0.25) is 4.98 Å². The molecule has 4 heteroatoms. The van der Waals surface area contributed by atoms with Crippen molar-refractivity contribution < 1.29 is 9.47 Å². The van der Waals surface area contributed by atoms with E-state index >= 15 is 0 Å². The Morgan fingerprint density at radius 2 is 2.05 bits per heavy atom. The highest BCUT2D eigenvalue weighted by molar-refractivity contribution is 5.21. The van der Waals surface area contributed by atoms with E-state index in [1.807, 2.05) is 26.0 Å². The molecule has 0 aliphatic heterocycles. The first kappa shape index (κ1) is 15.9. The first-order valence-electron chi connectivity index (χ1n) is 7.14. The predicted molar refractivity (Wildman–Crippen MR) is 77.5 cm³/mol. The summed E-state index contributed by atoms with van der Waals surface area (Å²) >= 11 is 0. The molecule has 1 N–H and O–H groups in total. The average molecular weight is 266 g/mol. The Morgan fingerprint density at radius 3 is 2.58 bits per heavy atom. The molecule has 0 aromatic carbocycles. The molecule has 1 heterocycles. The van der Waals surface area contributed by atoms with Crippen molar-refractivity contribution in [3.05, 3.63) is 24.0 Å². The molecular formula is C15H26N2O2. The Balaban J connectivity index is 2.55. The number of rotatable bonds is 9. The van der Waals surface area contributed by atoms with Crippen LogP contribution in [0.1, 0.15) is 45.9 Å². The van der Waals surface area contributed by atoms with Crippen LogP contribution in [0.2, 0.25) is 0 Å². The van der Waals surface area contributed by atoms with E-state index in [9.17, 15) is 0 Å². The fourth-order valence-corrected chi connectivity index (χ4v) is 1.92. The third-order valence-electron chi connectivity index (χ3n) is 2.87. The molecule has 1 aromatic heterocycles. The van der Waals surface area contributed by atoms with Crippen molar-refractivity contribution in [1.29, 1.82) is 0 Å². The summed E-state index contributed by atoms with van der Waals surface area (Å²) in [7, 11) is 0. The Kier molecular flexibility index (Phi) is 7.45. The molecule has 108 valence electrons. The number of nitrogens with zero attached hydrogens (tertiary/aromatic N) is 1. The highest BCUT2D eigenvalue weighted by Crippen LogP contribution is 2.18. The van der Waals surface area contributed by atoms with Gasteiger partial charge in [-0.05, 0) is 38.9 Å². The second-order valence-electron chi connectivity index (χ2n) is 4.53. The van der Waals surface area contributed by atoms with Crippen molar-refractivity contribution in [1.82, 2.24) is 10.3 Å². The van der Waals surface area contributed by atoms with E-state index in [0.717, 1.165) is 24.4 Å². The van der Waals surface area contributed by atoms with Crippen LogP contribution in [0.25, 0.3) is 0 Å². The summed E-state index contributed by atoms with van der Waals surface area (Å²) in [6, 6.07) is 4.32. The second-order valence-corrected chi connectivity index (χ2v) is 4.53. The summed E-state index contributed by atoms with van der Waals surface area (Å²) in [5.74, 6) is 0.794. The SMILES string of the molecule is CCNC(CC)c1ccc(OC(C)COCC)cn1. The molecular weight excluding hydrogens is 240 g/mol. The van der Waals surface area contributed by atoms with Gasteiger partial charge in [-0.15, -0.1) is 0 Å². The topological polar surface area (TPSA) is 43.4 Å². The molecule has 19 heavy (non-hydrogen) atoms. The molecule has 0 spiro atoms. The summed E-state index contributed by atoms with van der Waals surface area (Å²) in [5.41, 5.74) is 1.06. The summed E-state index contributed by atoms with van der Waals surface area (Å²) in [6.07, 6.45) is 2.86. The number of pyridine rings is 1. The van der Waals surface area contributed by atoms with Crippen LogP contribution in [0.15, 0.2) is 18.3 Å². The molecule has 0 radical (unpaired) electrons. The number of aromatic nitrogens is 1. The maximum absolute atomic E-state index is 5.74. The van der Waals surface area contributed by atoms with Crippen LogP contribution in [-0.4, -0.2) is 30.8 Å². The summed E-state index contributed by atoms with van der Waals surface area (Å²) < 4.78 is 11.1. The van der Waals surface area contributed by atoms with Gasteiger partial charge >= 0.3 is 0 Å². The number of hydrogen-bond donors (Lipinski definition) is 1. The standard InChI is InChI=1S/C15H26N2O2/c1-5-14(16-6-2)15-9-8-13(10-17-15)19-12(4)11-18-7-3/h8-10,12,14,16H,5-7,11H2,1-4H3. The molecule has 0 aliphatic carbocycles. The fraction of sp³-hybridized carbons (Fsp3) is 0.667. The number of ether oxygens (including phenoxy) is 2. The van der Waals surface area contributed by atoms with Crippen molar-refractivity contribution in [2.75, 3.05) is 19.8 Å². The van der Waals surface area contributed by atoms with Crippen LogP contribution in [-0.2, 0) is 4.74 Å². The van der Waals surface area contributed by atoms with Gasteiger partial charge < -0.3 is 14.8 Å². The molecule has 0 amide bonds. The van der Waals surface area contributed by atoms with Crippen LogP contribution in [0.5, 0.6) is 5.75 Å². The molecule has 0 saturated heterocycles. The van der Waals surface area contributed by atoms with Crippen LogP contribution in [0.3, 0.4) is 0 Å². The zero-order chi connectivity index (χ0) is 14.1. The highest BCUT2D eigenvalue weighted by Gasteiger charge is 2.10. The van der Waals surface area contributed by atoms with Crippen molar-refractivity contribution in [2.45, 2.75) is 46.3 Å². The summed E-state index contributed by atoms with van der Waals surface area (Å²) in [5, 5.41) is 3.41. The predicted octanol–water partition coefficient (Wildman–Crippen LogP) is 2.95. The number of hydrogen-bond acceptors (Lipinski definition) is 4. The first-order chi connectivity index (χ1) is 9.21. The van der Waals surface area contributed by atoms with Crippen molar-refractivity contribution in [3.63, 3.8) is 0 Å². The van der Waals surface area contributed by atoms with E-state index < -0.39 is 0 Å². The third-order valence-corrected chi connectivity index (χ3v) is 2.87. The minimum absolute atomic E-state index is 0.0448. The zero-order valence-electron chi connectivity index (χ0n) is 12.5. The van der Waals surface area contributed by atoms with E-state index in [2.05, 4.69) is 24.1 Å². The third kappa shape index (κ3) is 5.57. The van der Waals surface area contributed by atoms with Crippen molar-refractivity contribution in [3.8, 4) is 5.75 Å². The van der Waals surface area contributed by atoms with E-state index in [1.165, 1.54) is 0 Å². The van der Waals surface area contributed by atoms with Crippen LogP contribution >= 0.6 is 0 Å². The zero-order valence-corrected chi connectivity index (χ0v) is 12.5. The van der Waals surface area contributed by atoms with Crippen LogP contribution in [0.4, 0.5) is 0 Å². The van der Waals surface area contributed by atoms with Gasteiger partial charge in [0.15, 0.2) is 0 Å². The Bertz CT molecular complexity index is 341. The average Bonchev–Trinajstić information content (AvgIpc) is 2.43. The van der Waals surface area contributed by atoms with Crippen LogP contribution < -0.4 is 10.1 Å². The van der Waals surface area contributed by atoms with Crippen molar-refractivity contribution >= 4 is 0 Å². The van der Waals surface area contributed by atoms with E-state index in [1.54, 1.807) is 6.20 Å². The normalized spacial score (nSPS) is 14.1. The van der Waals surface area contributed by atoms with Gasteiger partial charge in [-0.2, -0.15) is 0 Å². The maximum Gasteiger partial charge on any atom is 0.138 e. The molecule has 1 rings (SSSR count). The Morgan fingerprint density at radius 1 is 1.26 bits per heavy atom. The molecule has 2 atom stereocenters. The van der Waals surface area contributed by atoms with Gasteiger partial charge in [0.05, 0.1) is 18.5 Å². The van der Waals surface area contributed by atoms with Gasteiger partial charge in [0.1, 0.15) is 11.9 Å². The lowest BCUT2D eigenvalue weighted by molar-refractivity contribution is 0.0655. The summed E-state index contributed by atoms with van der Waals surface area (Å²) in [4.78, 5) is 4.47. The number of nitrogens with one attached hydrogen (secondary N) is 1. The molecule has 0 bridgehead atoms. The lowest BCUT2D eigenvalue weighted by Crippen LogP contribution is -2.21. The van der Waals surface area contributed by atoms with Gasteiger partial charge in [0.25, 0.3) is 0 Å². The quantitative estimate of drug-likeness (QED) is 0.746. The van der Waals surface area contributed by atoms with Gasteiger partial charge in [-0.25, -0.2) is 0 Å². The monoisotopic (exact) mass is 266 g/mol. The highest BCUT2D eigenvalue weighted by atomic mass is 16.5. The second kappa shape index (κ2) is 8.88. The largest absolute Gasteiger partial charge is 0.487 e. The fourth-order valence-electron chi connectivity index (χ4n) is 1.92. The molecule has 0 aliphatic rings. The minimum atomic E-state index is 0.0448. The lowest BCUT2D eigenvalue weighted by Gasteiger charge is -2.17.